The number of likely N-dealkylation sites (N-methyl/N-ethyl adjacent to an activating group) is 1. The lowest BCUT2D eigenvalue weighted by Crippen LogP contribution is -2.31. The van der Waals surface area contributed by atoms with Crippen LogP contribution in [0.4, 0.5) is 5.95 Å². The van der Waals surface area contributed by atoms with Crippen LogP contribution in [0.5, 0.6) is 0 Å². The van der Waals surface area contributed by atoms with Crippen molar-refractivity contribution in [3.8, 4) is 0 Å². The zero-order valence-corrected chi connectivity index (χ0v) is 13.6. The number of nitrogens with one attached hydrogen (secondary N) is 1. The standard InChI is InChI=1S/C15H30N4O/c1-6-20-11-7-9-19-12-14(4)17-15(19)16-8-10-18(5)13(2)3/h12-13H,6-11H2,1-5H3,(H,16,17). The van der Waals surface area contributed by atoms with E-state index in [4.69, 9.17) is 4.74 Å². The average molecular weight is 282 g/mol. The van der Waals surface area contributed by atoms with Gasteiger partial charge < -0.3 is 19.5 Å². The molecule has 0 saturated heterocycles. The van der Waals surface area contributed by atoms with Gasteiger partial charge in [-0.05, 0) is 41.2 Å². The Morgan fingerprint density at radius 3 is 2.85 bits per heavy atom. The van der Waals surface area contributed by atoms with Crippen molar-refractivity contribution in [2.45, 2.75) is 46.7 Å². The highest BCUT2D eigenvalue weighted by molar-refractivity contribution is 5.28. The second-order valence-corrected chi connectivity index (χ2v) is 5.45. The Balaban J connectivity index is 2.40. The minimum atomic E-state index is 0.574. The second kappa shape index (κ2) is 8.97. The molecule has 0 unspecified atom stereocenters. The van der Waals surface area contributed by atoms with Crippen LogP contribution in [0.1, 0.15) is 32.9 Å². The molecule has 20 heavy (non-hydrogen) atoms. The number of aromatic nitrogens is 2. The molecule has 0 saturated carbocycles. The summed E-state index contributed by atoms with van der Waals surface area (Å²) >= 11 is 0. The van der Waals surface area contributed by atoms with Gasteiger partial charge in [-0.1, -0.05) is 0 Å². The fraction of sp³-hybridized carbons (Fsp3) is 0.800. The second-order valence-electron chi connectivity index (χ2n) is 5.45. The van der Waals surface area contributed by atoms with Crippen LogP contribution >= 0.6 is 0 Å². The van der Waals surface area contributed by atoms with Gasteiger partial charge in [0.05, 0.1) is 5.69 Å². The van der Waals surface area contributed by atoms with E-state index in [2.05, 4.69) is 46.9 Å². The van der Waals surface area contributed by atoms with Crippen LogP contribution in [0.15, 0.2) is 6.20 Å². The third-order valence-corrected chi connectivity index (χ3v) is 3.42. The predicted molar refractivity (Wildman–Crippen MR) is 84.3 cm³/mol. The van der Waals surface area contributed by atoms with Crippen LogP contribution in [-0.4, -0.2) is 53.8 Å². The zero-order valence-electron chi connectivity index (χ0n) is 13.6. The third kappa shape index (κ3) is 5.92. The smallest absolute Gasteiger partial charge is 0.203 e. The molecule has 5 heteroatoms. The molecule has 0 radical (unpaired) electrons. The predicted octanol–water partition coefficient (Wildman–Crippen LogP) is 2.37. The van der Waals surface area contributed by atoms with Gasteiger partial charge in [0.1, 0.15) is 0 Å². The highest BCUT2D eigenvalue weighted by atomic mass is 16.5. The number of nitrogens with zero attached hydrogens (tertiary/aromatic N) is 3. The van der Waals surface area contributed by atoms with Crippen LogP contribution in [0.3, 0.4) is 0 Å². The lowest BCUT2D eigenvalue weighted by atomic mass is 10.3. The molecular weight excluding hydrogens is 252 g/mol. The number of rotatable bonds is 10. The first-order chi connectivity index (χ1) is 9.54. The first-order valence-electron chi connectivity index (χ1n) is 7.60. The molecule has 1 rings (SSSR count). The monoisotopic (exact) mass is 282 g/mol. The largest absolute Gasteiger partial charge is 0.382 e. The van der Waals surface area contributed by atoms with E-state index in [1.807, 2.05) is 13.8 Å². The molecule has 0 aromatic carbocycles. The van der Waals surface area contributed by atoms with Crippen molar-refractivity contribution in [2.24, 2.45) is 0 Å². The molecular formula is C15H30N4O. The van der Waals surface area contributed by atoms with Gasteiger partial charge >= 0.3 is 0 Å². The van der Waals surface area contributed by atoms with Crippen molar-refractivity contribution in [3.63, 3.8) is 0 Å². The van der Waals surface area contributed by atoms with Crippen LogP contribution in [0.2, 0.25) is 0 Å². The maximum Gasteiger partial charge on any atom is 0.203 e. The van der Waals surface area contributed by atoms with Crippen LogP contribution < -0.4 is 5.32 Å². The van der Waals surface area contributed by atoms with Gasteiger partial charge in [-0.25, -0.2) is 4.98 Å². The van der Waals surface area contributed by atoms with Crippen LogP contribution in [-0.2, 0) is 11.3 Å². The lowest BCUT2D eigenvalue weighted by molar-refractivity contribution is 0.142. The Labute approximate surface area is 123 Å². The SMILES string of the molecule is CCOCCCn1cc(C)nc1NCCN(C)C(C)C. The molecule has 0 aliphatic carbocycles. The summed E-state index contributed by atoms with van der Waals surface area (Å²) in [5.74, 6) is 0.969. The summed E-state index contributed by atoms with van der Waals surface area (Å²) in [5, 5.41) is 3.43. The van der Waals surface area contributed by atoms with Gasteiger partial charge in [-0.3, -0.25) is 0 Å². The third-order valence-electron chi connectivity index (χ3n) is 3.42. The maximum absolute atomic E-state index is 5.38. The van der Waals surface area contributed by atoms with Crippen molar-refractivity contribution in [3.05, 3.63) is 11.9 Å². The lowest BCUT2D eigenvalue weighted by Gasteiger charge is -2.21. The summed E-state index contributed by atoms with van der Waals surface area (Å²) in [4.78, 5) is 6.87. The molecule has 0 bridgehead atoms. The van der Waals surface area contributed by atoms with E-state index in [-0.39, 0.29) is 0 Å². The summed E-state index contributed by atoms with van der Waals surface area (Å²) in [6.07, 6.45) is 3.12. The topological polar surface area (TPSA) is 42.3 Å². The Hall–Kier alpha value is -1.07. The van der Waals surface area contributed by atoms with E-state index in [1.165, 1.54) is 0 Å². The van der Waals surface area contributed by atoms with E-state index >= 15 is 0 Å². The van der Waals surface area contributed by atoms with Gasteiger partial charge in [0, 0.05) is 45.1 Å². The highest BCUT2D eigenvalue weighted by Gasteiger charge is 2.06. The molecule has 0 atom stereocenters. The summed E-state index contributed by atoms with van der Waals surface area (Å²) in [6.45, 7) is 12.9. The number of hydrogen-bond acceptors (Lipinski definition) is 4. The van der Waals surface area contributed by atoms with E-state index in [1.54, 1.807) is 0 Å². The van der Waals surface area contributed by atoms with E-state index in [9.17, 15) is 0 Å². The van der Waals surface area contributed by atoms with Gasteiger partial charge in [0.25, 0.3) is 0 Å². The quantitative estimate of drug-likeness (QED) is 0.669. The zero-order chi connectivity index (χ0) is 15.0. The normalized spacial score (nSPS) is 11.6. The molecule has 0 amide bonds. The molecule has 1 aromatic rings. The fourth-order valence-electron chi connectivity index (χ4n) is 1.94. The summed E-state index contributed by atoms with van der Waals surface area (Å²) in [6, 6.07) is 0.574. The Kier molecular flexibility index (Phi) is 7.62. The molecule has 0 fully saturated rings. The van der Waals surface area contributed by atoms with Crippen molar-refractivity contribution < 1.29 is 4.74 Å². The van der Waals surface area contributed by atoms with E-state index in [0.717, 1.165) is 50.9 Å². The number of imidazole rings is 1. The molecule has 0 spiro atoms. The first-order valence-corrected chi connectivity index (χ1v) is 7.60. The van der Waals surface area contributed by atoms with Crippen LogP contribution in [0.25, 0.3) is 0 Å². The minimum Gasteiger partial charge on any atom is -0.382 e. The maximum atomic E-state index is 5.38. The Morgan fingerprint density at radius 1 is 1.45 bits per heavy atom. The molecule has 1 N–H and O–H groups in total. The van der Waals surface area contributed by atoms with Gasteiger partial charge in [0.2, 0.25) is 5.95 Å². The average Bonchev–Trinajstić information content (AvgIpc) is 2.75. The Bertz CT molecular complexity index is 376. The van der Waals surface area contributed by atoms with Gasteiger partial charge in [-0.15, -0.1) is 0 Å². The molecule has 5 nitrogen and oxygen atoms in total. The Morgan fingerprint density at radius 2 is 2.20 bits per heavy atom. The summed E-state index contributed by atoms with van der Waals surface area (Å²) in [7, 11) is 2.14. The molecule has 0 aliphatic rings. The van der Waals surface area contributed by atoms with E-state index in [0.29, 0.717) is 6.04 Å². The number of ether oxygens (including phenoxy) is 1. The van der Waals surface area contributed by atoms with Crippen molar-refractivity contribution in [1.29, 1.82) is 0 Å². The number of hydrogen-bond donors (Lipinski definition) is 1. The summed E-state index contributed by atoms with van der Waals surface area (Å²) in [5.41, 5.74) is 1.06. The van der Waals surface area contributed by atoms with Crippen LogP contribution in [0, 0.1) is 6.92 Å². The van der Waals surface area contributed by atoms with Gasteiger partial charge in [0.15, 0.2) is 0 Å². The highest BCUT2D eigenvalue weighted by Crippen LogP contribution is 2.09. The number of anilines is 1. The van der Waals surface area contributed by atoms with Crippen molar-refractivity contribution >= 4 is 5.95 Å². The number of aryl methyl sites for hydroxylation is 2. The van der Waals surface area contributed by atoms with Crippen molar-refractivity contribution in [1.82, 2.24) is 14.5 Å². The summed E-state index contributed by atoms with van der Waals surface area (Å²) < 4.78 is 7.56. The van der Waals surface area contributed by atoms with E-state index < -0.39 is 0 Å². The molecule has 1 heterocycles. The molecule has 0 aliphatic heterocycles. The fourth-order valence-corrected chi connectivity index (χ4v) is 1.94. The molecule has 1 aromatic heterocycles. The molecule has 116 valence electrons. The van der Waals surface area contributed by atoms with Crippen molar-refractivity contribution in [2.75, 3.05) is 38.7 Å². The first kappa shape index (κ1) is 17.0. The minimum absolute atomic E-state index is 0.574. The van der Waals surface area contributed by atoms with Gasteiger partial charge in [-0.2, -0.15) is 0 Å².